The van der Waals surface area contributed by atoms with Crippen LogP contribution in [0.4, 0.5) is 4.39 Å². The standard InChI is InChI=1S/C5H10FNO/c1-4(7)5(6)2-3-8/h2,4,8H,3,7H2,1H3/b5-2-/t4-/m1/s1. The maximum Gasteiger partial charge on any atom is 0.115 e. The molecule has 0 heterocycles. The molecule has 0 spiro atoms. The van der Waals surface area contributed by atoms with E-state index in [4.69, 9.17) is 10.8 Å². The molecule has 0 saturated heterocycles. The van der Waals surface area contributed by atoms with E-state index in [2.05, 4.69) is 0 Å². The zero-order valence-corrected chi connectivity index (χ0v) is 4.76. The second-order valence-corrected chi connectivity index (χ2v) is 1.56. The van der Waals surface area contributed by atoms with Crippen molar-refractivity contribution < 1.29 is 9.50 Å². The summed E-state index contributed by atoms with van der Waals surface area (Å²) in [5.74, 6) is -0.465. The highest BCUT2D eigenvalue weighted by Gasteiger charge is 1.97. The van der Waals surface area contributed by atoms with E-state index in [9.17, 15) is 4.39 Å². The first-order valence-corrected chi connectivity index (χ1v) is 2.40. The Hall–Kier alpha value is -0.410. The third-order valence-corrected chi connectivity index (χ3v) is 0.721. The number of hydrogen-bond acceptors (Lipinski definition) is 2. The predicted molar refractivity (Wildman–Crippen MR) is 29.9 cm³/mol. The number of aliphatic hydroxyl groups is 1. The summed E-state index contributed by atoms with van der Waals surface area (Å²) in [6.07, 6.45) is 1.05. The first-order valence-electron chi connectivity index (χ1n) is 2.40. The summed E-state index contributed by atoms with van der Waals surface area (Å²) >= 11 is 0. The molecule has 48 valence electrons. The minimum absolute atomic E-state index is 0.284. The van der Waals surface area contributed by atoms with Gasteiger partial charge in [-0.25, -0.2) is 4.39 Å². The zero-order chi connectivity index (χ0) is 6.57. The van der Waals surface area contributed by atoms with Crippen molar-refractivity contribution in [3.05, 3.63) is 11.9 Å². The van der Waals surface area contributed by atoms with Crippen molar-refractivity contribution in [1.82, 2.24) is 0 Å². The van der Waals surface area contributed by atoms with Gasteiger partial charge in [-0.05, 0) is 13.0 Å². The normalized spacial score (nSPS) is 16.2. The highest BCUT2D eigenvalue weighted by Crippen LogP contribution is 1.98. The highest BCUT2D eigenvalue weighted by molar-refractivity contribution is 4.98. The summed E-state index contributed by atoms with van der Waals surface area (Å²) < 4.78 is 12.1. The summed E-state index contributed by atoms with van der Waals surface area (Å²) in [7, 11) is 0. The molecule has 0 bridgehead atoms. The molecule has 0 fully saturated rings. The Morgan fingerprint density at radius 3 is 2.62 bits per heavy atom. The van der Waals surface area contributed by atoms with Gasteiger partial charge in [-0.15, -0.1) is 0 Å². The average Bonchev–Trinajstić information content (AvgIpc) is 1.67. The van der Waals surface area contributed by atoms with E-state index in [0.29, 0.717) is 0 Å². The van der Waals surface area contributed by atoms with Gasteiger partial charge in [-0.3, -0.25) is 0 Å². The van der Waals surface area contributed by atoms with E-state index in [0.717, 1.165) is 6.08 Å². The molecule has 0 unspecified atom stereocenters. The Bertz CT molecular complexity index is 90.4. The number of nitrogens with two attached hydrogens (primary N) is 1. The molecule has 0 aromatic carbocycles. The molecule has 0 rings (SSSR count). The van der Waals surface area contributed by atoms with E-state index in [1.807, 2.05) is 0 Å². The monoisotopic (exact) mass is 119 g/mol. The van der Waals surface area contributed by atoms with Crippen molar-refractivity contribution in [2.75, 3.05) is 6.61 Å². The number of aliphatic hydroxyl groups excluding tert-OH is 1. The van der Waals surface area contributed by atoms with Crippen LogP contribution in [-0.2, 0) is 0 Å². The van der Waals surface area contributed by atoms with Crippen molar-refractivity contribution in [1.29, 1.82) is 0 Å². The van der Waals surface area contributed by atoms with E-state index in [-0.39, 0.29) is 6.61 Å². The third-order valence-electron chi connectivity index (χ3n) is 0.721. The van der Waals surface area contributed by atoms with Crippen LogP contribution < -0.4 is 5.73 Å². The zero-order valence-electron chi connectivity index (χ0n) is 4.76. The molecule has 0 radical (unpaired) electrons. The van der Waals surface area contributed by atoms with Crippen molar-refractivity contribution in [2.45, 2.75) is 13.0 Å². The Labute approximate surface area is 47.8 Å². The van der Waals surface area contributed by atoms with Gasteiger partial charge in [-0.1, -0.05) is 0 Å². The fourth-order valence-electron chi connectivity index (χ4n) is 0.273. The van der Waals surface area contributed by atoms with Crippen LogP contribution in [0.2, 0.25) is 0 Å². The van der Waals surface area contributed by atoms with Crippen LogP contribution >= 0.6 is 0 Å². The van der Waals surface area contributed by atoms with Gasteiger partial charge in [0.15, 0.2) is 0 Å². The van der Waals surface area contributed by atoms with Gasteiger partial charge in [0.05, 0.1) is 12.6 Å². The summed E-state index contributed by atoms with van der Waals surface area (Å²) in [4.78, 5) is 0. The molecule has 1 atom stereocenters. The predicted octanol–water partition coefficient (Wildman–Crippen LogP) is 0.179. The molecule has 0 aliphatic carbocycles. The molecule has 2 nitrogen and oxygen atoms in total. The van der Waals surface area contributed by atoms with Gasteiger partial charge in [0.25, 0.3) is 0 Å². The lowest BCUT2D eigenvalue weighted by atomic mass is 10.3. The minimum atomic E-state index is -0.595. The lowest BCUT2D eigenvalue weighted by Crippen LogP contribution is -2.15. The molecular formula is C5H10FNO. The van der Waals surface area contributed by atoms with Crippen LogP contribution in [0.1, 0.15) is 6.92 Å². The second kappa shape index (κ2) is 3.57. The molecular weight excluding hydrogens is 109 g/mol. The van der Waals surface area contributed by atoms with Crippen molar-refractivity contribution in [2.24, 2.45) is 5.73 Å². The van der Waals surface area contributed by atoms with E-state index in [1.165, 1.54) is 6.92 Å². The Kier molecular flexibility index (Phi) is 3.39. The van der Waals surface area contributed by atoms with Crippen molar-refractivity contribution in [3.63, 3.8) is 0 Å². The molecule has 0 aromatic rings. The van der Waals surface area contributed by atoms with E-state index < -0.39 is 11.9 Å². The van der Waals surface area contributed by atoms with Crippen LogP contribution in [0, 0.1) is 0 Å². The highest BCUT2D eigenvalue weighted by atomic mass is 19.1. The average molecular weight is 119 g/mol. The smallest absolute Gasteiger partial charge is 0.115 e. The number of halogens is 1. The molecule has 0 aliphatic heterocycles. The van der Waals surface area contributed by atoms with Crippen LogP contribution in [0.5, 0.6) is 0 Å². The first kappa shape index (κ1) is 7.59. The maximum absolute atomic E-state index is 12.1. The SMILES string of the molecule is C[C@@H](N)/C(F)=C/CO. The van der Waals surface area contributed by atoms with Gasteiger partial charge in [0.2, 0.25) is 0 Å². The Balaban J connectivity index is 3.61. The van der Waals surface area contributed by atoms with Crippen LogP contribution in [0.15, 0.2) is 11.9 Å². The maximum atomic E-state index is 12.1. The second-order valence-electron chi connectivity index (χ2n) is 1.56. The largest absolute Gasteiger partial charge is 0.392 e. The van der Waals surface area contributed by atoms with Gasteiger partial charge in [0.1, 0.15) is 5.83 Å². The topological polar surface area (TPSA) is 46.2 Å². The molecule has 0 aliphatic rings. The summed E-state index contributed by atoms with van der Waals surface area (Å²) in [6, 6.07) is -0.595. The first-order chi connectivity index (χ1) is 3.68. The molecule has 3 heteroatoms. The van der Waals surface area contributed by atoms with Gasteiger partial charge >= 0.3 is 0 Å². The molecule has 0 saturated carbocycles. The molecule has 8 heavy (non-hydrogen) atoms. The van der Waals surface area contributed by atoms with Crippen molar-refractivity contribution >= 4 is 0 Å². The summed E-state index contributed by atoms with van der Waals surface area (Å²) in [5, 5.41) is 8.11. The number of hydrogen-bond donors (Lipinski definition) is 2. The Morgan fingerprint density at radius 1 is 2.00 bits per heavy atom. The lowest BCUT2D eigenvalue weighted by molar-refractivity contribution is 0.337. The van der Waals surface area contributed by atoms with Crippen LogP contribution in [-0.4, -0.2) is 17.8 Å². The fraction of sp³-hybridized carbons (Fsp3) is 0.600. The van der Waals surface area contributed by atoms with Gasteiger partial charge < -0.3 is 10.8 Å². The van der Waals surface area contributed by atoms with Gasteiger partial charge in [-0.2, -0.15) is 0 Å². The van der Waals surface area contributed by atoms with Crippen molar-refractivity contribution in [3.8, 4) is 0 Å². The lowest BCUT2D eigenvalue weighted by Gasteiger charge is -1.97. The van der Waals surface area contributed by atoms with Gasteiger partial charge in [0, 0.05) is 0 Å². The summed E-state index contributed by atoms with van der Waals surface area (Å²) in [5.41, 5.74) is 5.07. The third kappa shape index (κ3) is 2.71. The molecule has 3 N–H and O–H groups in total. The molecule has 0 aromatic heterocycles. The molecule has 0 amide bonds. The van der Waals surface area contributed by atoms with Crippen LogP contribution in [0.3, 0.4) is 0 Å². The van der Waals surface area contributed by atoms with E-state index in [1.54, 1.807) is 0 Å². The quantitative estimate of drug-likeness (QED) is 0.544. The summed E-state index contributed by atoms with van der Waals surface area (Å²) in [6.45, 7) is 1.23. The minimum Gasteiger partial charge on any atom is -0.392 e. The van der Waals surface area contributed by atoms with Crippen LogP contribution in [0.25, 0.3) is 0 Å². The van der Waals surface area contributed by atoms with E-state index >= 15 is 0 Å². The Morgan fingerprint density at radius 2 is 2.50 bits per heavy atom. The fourth-order valence-corrected chi connectivity index (χ4v) is 0.273. The number of rotatable bonds is 2.